The van der Waals surface area contributed by atoms with Crippen molar-refractivity contribution in [2.75, 3.05) is 13.3 Å². The van der Waals surface area contributed by atoms with Crippen LogP contribution in [0, 0.1) is 0 Å². The van der Waals surface area contributed by atoms with E-state index in [1.807, 2.05) is 6.07 Å². The average molecular weight is 197 g/mol. The zero-order valence-electron chi connectivity index (χ0n) is 7.70. The van der Waals surface area contributed by atoms with Gasteiger partial charge in [-0.2, -0.15) is 0 Å². The number of nitrogens with one attached hydrogen (secondary N) is 1. The van der Waals surface area contributed by atoms with E-state index in [0.717, 1.165) is 0 Å². The summed E-state index contributed by atoms with van der Waals surface area (Å²) in [6, 6.07) is 8.69. The Bertz CT molecular complexity index is 277. The fraction of sp³-hybridized carbons (Fsp3) is 0.300. The lowest BCUT2D eigenvalue weighted by Gasteiger charge is -2.03. The molecule has 0 aliphatic rings. The third-order valence-electron chi connectivity index (χ3n) is 1.58. The first-order valence-electron chi connectivity index (χ1n) is 4.37. The number of carbonyl (C=O) groups is 1. The third-order valence-corrected chi connectivity index (χ3v) is 1.58. The minimum Gasteiger partial charge on any atom is -0.273 e. The predicted octanol–water partition coefficient (Wildman–Crippen LogP) is 1.71. The Labute approximate surface area is 81.8 Å². The van der Waals surface area contributed by atoms with Gasteiger partial charge in [0.15, 0.2) is 0 Å². The van der Waals surface area contributed by atoms with Gasteiger partial charge in [-0.05, 0) is 12.1 Å². The summed E-state index contributed by atoms with van der Waals surface area (Å²) in [6.07, 6.45) is 0.287. The molecule has 1 amide bonds. The number of rotatable bonds is 5. The van der Waals surface area contributed by atoms with Crippen molar-refractivity contribution in [3.05, 3.63) is 35.9 Å². The third kappa shape index (κ3) is 3.53. The van der Waals surface area contributed by atoms with Gasteiger partial charge in [-0.3, -0.25) is 14.0 Å². The van der Waals surface area contributed by atoms with Crippen molar-refractivity contribution in [1.82, 2.24) is 5.48 Å². The number of carbonyl (C=O) groups excluding carboxylic acids is 1. The Balaban J connectivity index is 2.29. The molecular formula is C10H12FNO2. The van der Waals surface area contributed by atoms with E-state index in [0.29, 0.717) is 5.56 Å². The average Bonchev–Trinajstić information content (AvgIpc) is 2.25. The second kappa shape index (κ2) is 6.10. The van der Waals surface area contributed by atoms with Gasteiger partial charge < -0.3 is 0 Å². The highest BCUT2D eigenvalue weighted by atomic mass is 19.1. The summed E-state index contributed by atoms with van der Waals surface area (Å²) in [6.45, 7) is -0.254. The number of benzene rings is 1. The molecule has 0 radical (unpaired) electrons. The minimum absolute atomic E-state index is 0.190. The summed E-state index contributed by atoms with van der Waals surface area (Å²) in [5.41, 5.74) is 2.75. The Morgan fingerprint density at radius 2 is 2.07 bits per heavy atom. The van der Waals surface area contributed by atoms with Gasteiger partial charge in [0.25, 0.3) is 5.91 Å². The fourth-order valence-corrected chi connectivity index (χ4v) is 0.892. The normalized spacial score (nSPS) is 9.79. The standard InChI is InChI=1S/C10H12FNO2/c11-7-4-8-14-12-10(13)9-5-2-1-3-6-9/h1-3,5-6H,4,7-8H2,(H,12,13). The zero-order chi connectivity index (χ0) is 10.2. The van der Waals surface area contributed by atoms with Crippen molar-refractivity contribution in [2.24, 2.45) is 0 Å². The molecule has 0 unspecified atom stereocenters. The highest BCUT2D eigenvalue weighted by Gasteiger charge is 2.02. The topological polar surface area (TPSA) is 38.3 Å². The molecule has 1 rings (SSSR count). The molecule has 0 saturated heterocycles. The van der Waals surface area contributed by atoms with Crippen LogP contribution in [0.5, 0.6) is 0 Å². The molecule has 14 heavy (non-hydrogen) atoms. The highest BCUT2D eigenvalue weighted by molar-refractivity contribution is 5.93. The van der Waals surface area contributed by atoms with Gasteiger partial charge in [0, 0.05) is 12.0 Å². The maximum Gasteiger partial charge on any atom is 0.274 e. The summed E-state index contributed by atoms with van der Waals surface area (Å²) in [4.78, 5) is 16.0. The van der Waals surface area contributed by atoms with Gasteiger partial charge in [0.2, 0.25) is 0 Å². The van der Waals surface area contributed by atoms with Crippen LogP contribution >= 0.6 is 0 Å². The van der Waals surface area contributed by atoms with Crippen LogP contribution in [0.2, 0.25) is 0 Å². The quantitative estimate of drug-likeness (QED) is 0.576. The van der Waals surface area contributed by atoms with E-state index < -0.39 is 6.67 Å². The van der Waals surface area contributed by atoms with Crippen LogP contribution in [-0.4, -0.2) is 19.2 Å². The van der Waals surface area contributed by atoms with E-state index in [-0.39, 0.29) is 18.9 Å². The van der Waals surface area contributed by atoms with Crippen LogP contribution in [0.15, 0.2) is 30.3 Å². The number of amides is 1. The molecular weight excluding hydrogens is 185 g/mol. The molecule has 1 N–H and O–H groups in total. The zero-order valence-corrected chi connectivity index (χ0v) is 7.70. The van der Waals surface area contributed by atoms with Crippen molar-refractivity contribution < 1.29 is 14.0 Å². The summed E-state index contributed by atoms with van der Waals surface area (Å²) < 4.78 is 11.6. The van der Waals surface area contributed by atoms with Crippen molar-refractivity contribution in [2.45, 2.75) is 6.42 Å². The van der Waals surface area contributed by atoms with Crippen LogP contribution in [-0.2, 0) is 4.84 Å². The first-order chi connectivity index (χ1) is 6.84. The molecule has 1 aromatic rings. The van der Waals surface area contributed by atoms with E-state index in [2.05, 4.69) is 5.48 Å². The molecule has 0 atom stereocenters. The largest absolute Gasteiger partial charge is 0.274 e. The van der Waals surface area contributed by atoms with Crippen LogP contribution in [0.1, 0.15) is 16.8 Å². The van der Waals surface area contributed by atoms with E-state index in [1.165, 1.54) is 0 Å². The fourth-order valence-electron chi connectivity index (χ4n) is 0.892. The predicted molar refractivity (Wildman–Crippen MR) is 50.5 cm³/mol. The van der Waals surface area contributed by atoms with Crippen molar-refractivity contribution in [3.63, 3.8) is 0 Å². The smallest absolute Gasteiger partial charge is 0.273 e. The molecule has 0 saturated carbocycles. The molecule has 0 fully saturated rings. The van der Waals surface area contributed by atoms with Gasteiger partial charge in [-0.25, -0.2) is 5.48 Å². The lowest BCUT2D eigenvalue weighted by atomic mass is 10.2. The maximum atomic E-state index is 11.6. The summed E-state index contributed by atoms with van der Waals surface area (Å²) in [5, 5.41) is 0. The van der Waals surface area contributed by atoms with E-state index in [9.17, 15) is 9.18 Å². The van der Waals surface area contributed by atoms with Crippen molar-refractivity contribution >= 4 is 5.91 Å². The number of halogens is 1. The molecule has 1 aromatic carbocycles. The number of alkyl halides is 1. The van der Waals surface area contributed by atoms with Gasteiger partial charge in [0.1, 0.15) is 0 Å². The number of hydroxylamine groups is 1. The van der Waals surface area contributed by atoms with E-state index in [1.54, 1.807) is 24.3 Å². The Kier molecular flexibility index (Phi) is 4.64. The molecule has 0 aromatic heterocycles. The first-order valence-corrected chi connectivity index (χ1v) is 4.37. The summed E-state index contributed by atoms with van der Waals surface area (Å²) in [5.74, 6) is -0.315. The van der Waals surface area contributed by atoms with Crippen LogP contribution in [0.4, 0.5) is 4.39 Å². The van der Waals surface area contributed by atoms with E-state index >= 15 is 0 Å². The summed E-state index contributed by atoms with van der Waals surface area (Å²) >= 11 is 0. The molecule has 0 aliphatic carbocycles. The Morgan fingerprint density at radius 1 is 1.36 bits per heavy atom. The molecule has 0 aliphatic heterocycles. The van der Waals surface area contributed by atoms with Gasteiger partial charge in [0.05, 0.1) is 13.3 Å². The van der Waals surface area contributed by atoms with Crippen LogP contribution in [0.25, 0.3) is 0 Å². The molecule has 76 valence electrons. The summed E-state index contributed by atoms with van der Waals surface area (Å²) in [7, 11) is 0. The minimum atomic E-state index is -0.443. The van der Waals surface area contributed by atoms with Crippen molar-refractivity contribution in [3.8, 4) is 0 Å². The van der Waals surface area contributed by atoms with Crippen molar-refractivity contribution in [1.29, 1.82) is 0 Å². The molecule has 0 bridgehead atoms. The second-order valence-corrected chi connectivity index (χ2v) is 2.69. The SMILES string of the molecule is O=C(NOCCCF)c1ccccc1. The Hall–Kier alpha value is -1.42. The maximum absolute atomic E-state index is 11.6. The molecule has 0 heterocycles. The molecule has 3 nitrogen and oxygen atoms in total. The molecule has 0 spiro atoms. The molecule has 4 heteroatoms. The number of hydrogen-bond donors (Lipinski definition) is 1. The highest BCUT2D eigenvalue weighted by Crippen LogP contribution is 1.97. The lowest BCUT2D eigenvalue weighted by molar-refractivity contribution is 0.0288. The van der Waals surface area contributed by atoms with E-state index in [4.69, 9.17) is 4.84 Å². The van der Waals surface area contributed by atoms with Gasteiger partial charge in [-0.1, -0.05) is 18.2 Å². The van der Waals surface area contributed by atoms with Crippen LogP contribution < -0.4 is 5.48 Å². The lowest BCUT2D eigenvalue weighted by Crippen LogP contribution is -2.24. The van der Waals surface area contributed by atoms with Gasteiger partial charge >= 0.3 is 0 Å². The second-order valence-electron chi connectivity index (χ2n) is 2.69. The van der Waals surface area contributed by atoms with Crippen LogP contribution in [0.3, 0.4) is 0 Å². The number of hydrogen-bond acceptors (Lipinski definition) is 2. The van der Waals surface area contributed by atoms with Gasteiger partial charge in [-0.15, -0.1) is 0 Å². The first kappa shape index (κ1) is 10.7. The monoisotopic (exact) mass is 197 g/mol. The Morgan fingerprint density at radius 3 is 2.71 bits per heavy atom.